The van der Waals surface area contributed by atoms with Crippen LogP contribution in [0.3, 0.4) is 0 Å². The lowest BCUT2D eigenvalue weighted by Crippen LogP contribution is -2.41. The van der Waals surface area contributed by atoms with E-state index in [-0.39, 0.29) is 42.0 Å². The van der Waals surface area contributed by atoms with Crippen molar-refractivity contribution < 1.29 is 19.1 Å². The Morgan fingerprint density at radius 2 is 2.15 bits per heavy atom. The molecule has 140 valence electrons. The van der Waals surface area contributed by atoms with Gasteiger partial charge in [-0.05, 0) is 37.1 Å². The Bertz CT molecular complexity index is 710. The molecule has 3 aliphatic rings. The van der Waals surface area contributed by atoms with E-state index in [1.807, 2.05) is 4.90 Å². The number of ether oxygens (including phenoxy) is 2. The Morgan fingerprint density at radius 1 is 1.38 bits per heavy atom. The lowest BCUT2D eigenvalue weighted by atomic mass is 9.73. The molecular weight excluding hydrogens is 356 g/mol. The van der Waals surface area contributed by atoms with Gasteiger partial charge in [0.25, 0.3) is 5.91 Å². The summed E-state index contributed by atoms with van der Waals surface area (Å²) in [5.74, 6) is 0.406. The maximum Gasteiger partial charge on any atom is 0.251 e. The maximum absolute atomic E-state index is 12.4. The molecule has 0 unspecified atom stereocenters. The Labute approximate surface area is 157 Å². The number of halogens is 1. The number of hydrogen-bond acceptors (Lipinski definition) is 4. The first-order chi connectivity index (χ1) is 12.5. The van der Waals surface area contributed by atoms with Crippen molar-refractivity contribution in [2.75, 3.05) is 33.4 Å². The van der Waals surface area contributed by atoms with Crippen molar-refractivity contribution in [1.29, 1.82) is 0 Å². The molecule has 1 aromatic carbocycles. The van der Waals surface area contributed by atoms with Crippen LogP contribution in [0.4, 0.5) is 0 Å². The van der Waals surface area contributed by atoms with E-state index < -0.39 is 0 Å². The highest BCUT2D eigenvalue weighted by Crippen LogP contribution is 2.54. The van der Waals surface area contributed by atoms with Gasteiger partial charge in [0, 0.05) is 42.6 Å². The summed E-state index contributed by atoms with van der Waals surface area (Å²) in [4.78, 5) is 26.4. The number of carbonyl (C=O) groups excluding carboxylic acids is 2. The van der Waals surface area contributed by atoms with Crippen LogP contribution in [-0.2, 0) is 14.3 Å². The zero-order chi connectivity index (χ0) is 18.3. The normalized spacial score (nSPS) is 31.9. The third kappa shape index (κ3) is 3.00. The second-order valence-electron chi connectivity index (χ2n) is 7.45. The molecule has 3 heterocycles. The van der Waals surface area contributed by atoms with Gasteiger partial charge in [-0.2, -0.15) is 0 Å². The highest BCUT2D eigenvalue weighted by atomic mass is 35.5. The molecule has 4 rings (SSSR count). The van der Waals surface area contributed by atoms with Crippen molar-refractivity contribution in [3.8, 4) is 0 Å². The second-order valence-corrected chi connectivity index (χ2v) is 7.89. The fourth-order valence-electron chi connectivity index (χ4n) is 4.78. The van der Waals surface area contributed by atoms with Gasteiger partial charge >= 0.3 is 0 Å². The molecule has 1 spiro atoms. The van der Waals surface area contributed by atoms with E-state index in [0.717, 1.165) is 12.8 Å². The number of hydrogen-bond donors (Lipinski definition) is 1. The quantitative estimate of drug-likeness (QED) is 0.847. The summed E-state index contributed by atoms with van der Waals surface area (Å²) in [5.41, 5.74) is 0.362. The molecule has 2 bridgehead atoms. The van der Waals surface area contributed by atoms with Gasteiger partial charge in [-0.3, -0.25) is 9.59 Å². The maximum atomic E-state index is 12.4. The molecule has 3 fully saturated rings. The number of fused-ring (bicyclic) bond motifs is 1. The van der Waals surface area contributed by atoms with E-state index in [9.17, 15) is 9.59 Å². The Kier molecular flexibility index (Phi) is 4.67. The molecule has 6 nitrogen and oxygen atoms in total. The fourth-order valence-corrected chi connectivity index (χ4v) is 4.91. The molecule has 3 aliphatic heterocycles. The molecule has 26 heavy (non-hydrogen) atoms. The van der Waals surface area contributed by atoms with Crippen molar-refractivity contribution in [1.82, 2.24) is 10.2 Å². The van der Waals surface area contributed by atoms with E-state index in [2.05, 4.69) is 5.32 Å². The van der Waals surface area contributed by atoms with Crippen LogP contribution in [0, 0.1) is 11.8 Å². The molecule has 0 saturated carbocycles. The number of nitrogens with one attached hydrogen (secondary N) is 1. The van der Waals surface area contributed by atoms with Crippen LogP contribution in [0.2, 0.25) is 5.02 Å². The standard InChI is InChI=1S/C19H23ClN2O4/c1-25-10-17(23)22-9-15-14(16-6-7-19(15,11-22)26-16)8-21-18(24)12-2-4-13(20)5-3-12/h2-5,14-16H,6-11H2,1H3,(H,21,24)/t14-,15+,16+,19+/m0/s1. The Balaban J connectivity index is 1.41. The fraction of sp³-hybridized carbons (Fsp3) is 0.579. The average Bonchev–Trinajstić information content (AvgIpc) is 3.29. The summed E-state index contributed by atoms with van der Waals surface area (Å²) in [6, 6.07) is 6.86. The monoisotopic (exact) mass is 378 g/mol. The van der Waals surface area contributed by atoms with Crippen molar-refractivity contribution in [2.24, 2.45) is 11.8 Å². The third-order valence-electron chi connectivity index (χ3n) is 6.01. The molecule has 4 atom stereocenters. The number of rotatable bonds is 5. The minimum atomic E-state index is -0.232. The van der Waals surface area contributed by atoms with Gasteiger partial charge in [-0.15, -0.1) is 0 Å². The number of benzene rings is 1. The summed E-state index contributed by atoms with van der Waals surface area (Å²) in [6.45, 7) is 1.98. The highest BCUT2D eigenvalue weighted by Gasteiger charge is 2.63. The molecule has 0 aromatic heterocycles. The second kappa shape index (κ2) is 6.83. The van der Waals surface area contributed by atoms with Crippen LogP contribution < -0.4 is 5.32 Å². The summed E-state index contributed by atoms with van der Waals surface area (Å²) in [7, 11) is 1.53. The van der Waals surface area contributed by atoms with Crippen LogP contribution >= 0.6 is 11.6 Å². The van der Waals surface area contributed by atoms with Gasteiger partial charge < -0.3 is 19.7 Å². The van der Waals surface area contributed by atoms with E-state index in [4.69, 9.17) is 21.1 Å². The van der Waals surface area contributed by atoms with Gasteiger partial charge in [-0.25, -0.2) is 0 Å². The van der Waals surface area contributed by atoms with Crippen molar-refractivity contribution in [2.45, 2.75) is 24.5 Å². The summed E-state index contributed by atoms with van der Waals surface area (Å²) >= 11 is 5.87. The average molecular weight is 379 g/mol. The Morgan fingerprint density at radius 3 is 2.88 bits per heavy atom. The SMILES string of the molecule is COCC(=O)N1C[C@@H]2[C@H](CNC(=O)c3ccc(Cl)cc3)[C@H]3CC[C@]2(C1)O3. The minimum absolute atomic E-state index is 0.00674. The highest BCUT2D eigenvalue weighted by molar-refractivity contribution is 6.30. The number of carbonyl (C=O) groups is 2. The summed E-state index contributed by atoms with van der Waals surface area (Å²) in [5, 5.41) is 3.64. The molecule has 2 amide bonds. The van der Waals surface area contributed by atoms with E-state index in [0.29, 0.717) is 30.2 Å². The molecule has 0 radical (unpaired) electrons. The zero-order valence-corrected chi connectivity index (χ0v) is 15.5. The van der Waals surface area contributed by atoms with E-state index in [1.54, 1.807) is 24.3 Å². The van der Waals surface area contributed by atoms with Gasteiger partial charge in [-0.1, -0.05) is 11.6 Å². The molecule has 0 aliphatic carbocycles. The van der Waals surface area contributed by atoms with Gasteiger partial charge in [0.1, 0.15) is 6.61 Å². The van der Waals surface area contributed by atoms with Gasteiger partial charge in [0.2, 0.25) is 5.91 Å². The van der Waals surface area contributed by atoms with Crippen molar-refractivity contribution >= 4 is 23.4 Å². The van der Waals surface area contributed by atoms with E-state index >= 15 is 0 Å². The predicted molar refractivity (Wildman–Crippen MR) is 96.1 cm³/mol. The molecule has 3 saturated heterocycles. The molecule has 7 heteroatoms. The first kappa shape index (κ1) is 17.8. The number of nitrogens with zero attached hydrogens (tertiary/aromatic N) is 1. The van der Waals surface area contributed by atoms with Crippen LogP contribution in [0.15, 0.2) is 24.3 Å². The molecule has 1 aromatic rings. The van der Waals surface area contributed by atoms with E-state index in [1.165, 1.54) is 7.11 Å². The first-order valence-corrected chi connectivity index (χ1v) is 9.38. The summed E-state index contributed by atoms with van der Waals surface area (Å²) in [6.07, 6.45) is 2.15. The zero-order valence-electron chi connectivity index (χ0n) is 14.7. The third-order valence-corrected chi connectivity index (χ3v) is 6.26. The van der Waals surface area contributed by atoms with Crippen LogP contribution in [0.25, 0.3) is 0 Å². The van der Waals surface area contributed by atoms with Gasteiger partial charge in [0.05, 0.1) is 18.2 Å². The van der Waals surface area contributed by atoms with Crippen molar-refractivity contribution in [3.05, 3.63) is 34.9 Å². The molecule has 1 N–H and O–H groups in total. The summed E-state index contributed by atoms with van der Waals surface area (Å²) < 4.78 is 11.3. The van der Waals surface area contributed by atoms with Crippen molar-refractivity contribution in [3.63, 3.8) is 0 Å². The largest absolute Gasteiger partial charge is 0.375 e. The minimum Gasteiger partial charge on any atom is -0.375 e. The first-order valence-electron chi connectivity index (χ1n) is 9.01. The lowest BCUT2D eigenvalue weighted by molar-refractivity contribution is -0.135. The number of likely N-dealkylation sites (tertiary alicyclic amines) is 1. The Hall–Kier alpha value is -1.63. The lowest BCUT2D eigenvalue weighted by Gasteiger charge is -2.29. The topological polar surface area (TPSA) is 67.9 Å². The van der Waals surface area contributed by atoms with Crippen LogP contribution in [0.1, 0.15) is 23.2 Å². The molecular formula is C19H23ClN2O4. The van der Waals surface area contributed by atoms with Crippen LogP contribution in [0.5, 0.6) is 0 Å². The smallest absolute Gasteiger partial charge is 0.251 e. The number of amides is 2. The predicted octanol–water partition coefficient (Wildman–Crippen LogP) is 1.72. The van der Waals surface area contributed by atoms with Crippen LogP contribution in [-0.4, -0.2) is 61.8 Å². The van der Waals surface area contributed by atoms with Gasteiger partial charge in [0.15, 0.2) is 0 Å². The number of methoxy groups -OCH3 is 1.